The second-order valence-corrected chi connectivity index (χ2v) is 6.98. The molecular weight excluding hydrogens is 293 g/mol. The molecule has 2 N–H and O–H groups in total. The molecule has 0 aromatic heterocycles. The highest BCUT2D eigenvalue weighted by molar-refractivity contribution is 5.55. The number of benzene rings is 1. The summed E-state index contributed by atoms with van der Waals surface area (Å²) in [5.41, 5.74) is 1.24. The first kappa shape index (κ1) is 14.3. The normalized spacial score (nSPS) is 36.5. The van der Waals surface area contributed by atoms with Crippen LogP contribution in [-0.2, 0) is 17.5 Å². The van der Waals surface area contributed by atoms with Crippen molar-refractivity contribution in [1.82, 2.24) is 5.32 Å². The zero-order valence-electron chi connectivity index (χ0n) is 12.4. The zero-order valence-corrected chi connectivity index (χ0v) is 12.4. The number of hydrogen-bond acceptors (Lipinski definition) is 3. The number of anilines is 1. The largest absolute Gasteiger partial charge is 0.416 e. The Morgan fingerprint density at radius 3 is 2.59 bits per heavy atom. The van der Waals surface area contributed by atoms with Crippen LogP contribution in [0.5, 0.6) is 0 Å². The fourth-order valence-electron chi connectivity index (χ4n) is 4.37. The smallest absolute Gasteiger partial charge is 0.380 e. The van der Waals surface area contributed by atoms with Gasteiger partial charge in [0.05, 0.1) is 11.2 Å². The van der Waals surface area contributed by atoms with Crippen LogP contribution in [0.15, 0.2) is 18.2 Å². The molecule has 1 unspecified atom stereocenters. The van der Waals surface area contributed by atoms with Gasteiger partial charge in [-0.1, -0.05) is 0 Å². The van der Waals surface area contributed by atoms with Gasteiger partial charge in [-0.2, -0.15) is 13.2 Å². The molecule has 0 saturated heterocycles. The zero-order chi connectivity index (χ0) is 15.6. The van der Waals surface area contributed by atoms with Crippen molar-refractivity contribution >= 4 is 5.69 Å². The Bertz CT molecular complexity index is 594. The van der Waals surface area contributed by atoms with E-state index in [1.54, 1.807) is 13.2 Å². The Hall–Kier alpha value is -1.27. The second-order valence-electron chi connectivity index (χ2n) is 6.98. The minimum absolute atomic E-state index is 0.0803. The molecule has 1 aliphatic heterocycles. The molecule has 22 heavy (non-hydrogen) atoms. The van der Waals surface area contributed by atoms with E-state index in [0.717, 1.165) is 37.6 Å². The summed E-state index contributed by atoms with van der Waals surface area (Å²) in [6.07, 6.45) is -1.15. The average Bonchev–Trinajstić information content (AvgIpc) is 2.56. The molecule has 2 bridgehead atoms. The van der Waals surface area contributed by atoms with E-state index >= 15 is 0 Å². The summed E-state index contributed by atoms with van der Waals surface area (Å²) >= 11 is 0. The number of rotatable bonds is 2. The molecule has 6 heteroatoms. The number of nitrogens with one attached hydrogen (secondary N) is 2. The third kappa shape index (κ3) is 1.97. The molecular formula is C16H19F3N2O. The van der Waals surface area contributed by atoms with Crippen LogP contribution < -0.4 is 10.6 Å². The molecule has 3 saturated carbocycles. The number of methoxy groups -OCH3 is 1. The van der Waals surface area contributed by atoms with E-state index in [1.165, 1.54) is 6.07 Å². The highest BCUT2D eigenvalue weighted by Gasteiger charge is 2.71. The van der Waals surface area contributed by atoms with Gasteiger partial charge < -0.3 is 15.4 Å². The molecule has 4 aliphatic rings. The first-order valence-electron chi connectivity index (χ1n) is 7.58. The van der Waals surface area contributed by atoms with Crippen LogP contribution in [0.3, 0.4) is 0 Å². The van der Waals surface area contributed by atoms with E-state index in [0.29, 0.717) is 12.1 Å². The van der Waals surface area contributed by atoms with Crippen LogP contribution in [0, 0.1) is 5.41 Å². The van der Waals surface area contributed by atoms with Crippen LogP contribution in [0.4, 0.5) is 18.9 Å². The molecule has 0 radical (unpaired) electrons. The standard InChI is InChI=1S/C16H19F3N2O/c1-22-15-7-14(8-15,9-15)13-6-20-5-10-4-11(16(17,18)19)2-3-12(10)21-13/h2-4,13,20-21H,5-9H2,1H3. The summed E-state index contributed by atoms with van der Waals surface area (Å²) < 4.78 is 44.0. The predicted octanol–water partition coefficient (Wildman–Crippen LogP) is 3.16. The van der Waals surface area contributed by atoms with Gasteiger partial charge in [0.1, 0.15) is 0 Å². The number of hydrogen-bond donors (Lipinski definition) is 2. The van der Waals surface area contributed by atoms with Crippen molar-refractivity contribution in [2.24, 2.45) is 5.41 Å². The van der Waals surface area contributed by atoms with Gasteiger partial charge >= 0.3 is 6.18 Å². The lowest BCUT2D eigenvalue weighted by Gasteiger charge is -2.72. The molecule has 1 aromatic rings. The van der Waals surface area contributed by atoms with Gasteiger partial charge in [-0.25, -0.2) is 0 Å². The molecule has 3 nitrogen and oxygen atoms in total. The topological polar surface area (TPSA) is 33.3 Å². The van der Waals surface area contributed by atoms with E-state index in [4.69, 9.17) is 4.74 Å². The summed E-state index contributed by atoms with van der Waals surface area (Å²) in [5.74, 6) is 0. The number of alkyl halides is 3. The minimum Gasteiger partial charge on any atom is -0.380 e. The number of halogens is 3. The van der Waals surface area contributed by atoms with Gasteiger partial charge in [0.2, 0.25) is 0 Å². The molecule has 3 fully saturated rings. The first-order chi connectivity index (χ1) is 10.4. The monoisotopic (exact) mass is 312 g/mol. The van der Waals surface area contributed by atoms with Crippen LogP contribution in [0.25, 0.3) is 0 Å². The lowest BCUT2D eigenvalue weighted by Crippen LogP contribution is -2.74. The van der Waals surface area contributed by atoms with Crippen molar-refractivity contribution in [3.05, 3.63) is 29.3 Å². The van der Waals surface area contributed by atoms with E-state index in [9.17, 15) is 13.2 Å². The maximum Gasteiger partial charge on any atom is 0.416 e. The summed E-state index contributed by atoms with van der Waals surface area (Å²) in [5, 5.41) is 6.77. The fourth-order valence-corrected chi connectivity index (χ4v) is 4.37. The Labute approximate surface area is 127 Å². The van der Waals surface area contributed by atoms with Gasteiger partial charge in [0, 0.05) is 31.9 Å². The minimum atomic E-state index is -4.29. The predicted molar refractivity (Wildman–Crippen MR) is 76.6 cm³/mol. The van der Waals surface area contributed by atoms with E-state index < -0.39 is 11.7 Å². The second kappa shape index (κ2) is 4.38. The van der Waals surface area contributed by atoms with Crippen LogP contribution in [0.2, 0.25) is 0 Å². The Morgan fingerprint density at radius 2 is 1.95 bits per heavy atom. The van der Waals surface area contributed by atoms with Gasteiger partial charge in [0.25, 0.3) is 0 Å². The summed E-state index contributed by atoms with van der Waals surface area (Å²) in [6, 6.07) is 4.22. The van der Waals surface area contributed by atoms with Crippen molar-refractivity contribution in [1.29, 1.82) is 0 Å². The third-order valence-electron chi connectivity index (χ3n) is 5.62. The van der Waals surface area contributed by atoms with E-state index in [1.807, 2.05) is 0 Å². The van der Waals surface area contributed by atoms with Crippen LogP contribution in [0.1, 0.15) is 30.4 Å². The SMILES string of the molecule is COC12CC(C3CNCc4cc(C(F)(F)F)ccc4N3)(C1)C2. The first-order valence-corrected chi connectivity index (χ1v) is 7.58. The highest BCUT2D eigenvalue weighted by Crippen LogP contribution is 2.70. The van der Waals surface area contributed by atoms with Crippen molar-refractivity contribution < 1.29 is 17.9 Å². The summed E-state index contributed by atoms with van der Waals surface area (Å²) in [6.45, 7) is 1.24. The van der Waals surface area contributed by atoms with Crippen LogP contribution in [-0.4, -0.2) is 25.3 Å². The molecule has 120 valence electrons. The fraction of sp³-hybridized carbons (Fsp3) is 0.625. The molecule has 0 spiro atoms. The van der Waals surface area contributed by atoms with E-state index in [2.05, 4.69) is 10.6 Å². The van der Waals surface area contributed by atoms with Crippen molar-refractivity contribution in [2.75, 3.05) is 19.0 Å². The quantitative estimate of drug-likeness (QED) is 0.880. The molecule has 3 aliphatic carbocycles. The Kier molecular flexibility index (Phi) is 2.86. The summed E-state index contributed by atoms with van der Waals surface area (Å²) in [7, 11) is 1.76. The maximum atomic E-state index is 12.8. The molecule has 5 rings (SSSR count). The van der Waals surface area contributed by atoms with Crippen molar-refractivity contribution in [3.8, 4) is 0 Å². The van der Waals surface area contributed by atoms with Gasteiger partial charge in [0.15, 0.2) is 0 Å². The maximum absolute atomic E-state index is 12.8. The van der Waals surface area contributed by atoms with Gasteiger partial charge in [-0.15, -0.1) is 0 Å². The molecule has 1 heterocycles. The highest BCUT2D eigenvalue weighted by atomic mass is 19.4. The molecule has 1 aromatic carbocycles. The summed E-state index contributed by atoms with van der Waals surface area (Å²) in [4.78, 5) is 0. The average molecular weight is 312 g/mol. The Balaban J connectivity index is 1.55. The molecule has 1 atom stereocenters. The lowest BCUT2D eigenvalue weighted by molar-refractivity contribution is -0.279. The lowest BCUT2D eigenvalue weighted by atomic mass is 9.38. The van der Waals surface area contributed by atoms with Gasteiger partial charge in [-0.05, 0) is 48.4 Å². The number of ether oxygens (including phenoxy) is 1. The van der Waals surface area contributed by atoms with Crippen molar-refractivity contribution in [3.63, 3.8) is 0 Å². The van der Waals surface area contributed by atoms with Crippen LogP contribution >= 0.6 is 0 Å². The van der Waals surface area contributed by atoms with E-state index in [-0.39, 0.29) is 17.1 Å². The Morgan fingerprint density at radius 1 is 1.23 bits per heavy atom. The van der Waals surface area contributed by atoms with Crippen molar-refractivity contribution in [2.45, 2.75) is 43.6 Å². The number of fused-ring (bicyclic) bond motifs is 1. The third-order valence-corrected chi connectivity index (χ3v) is 5.62. The van der Waals surface area contributed by atoms with Gasteiger partial charge in [-0.3, -0.25) is 0 Å². The molecule has 0 amide bonds.